The van der Waals surface area contributed by atoms with Crippen LogP contribution in [-0.4, -0.2) is 21.2 Å². The van der Waals surface area contributed by atoms with Crippen LogP contribution < -0.4 is 5.32 Å². The Balaban J connectivity index is 1.58. The first-order valence-corrected chi connectivity index (χ1v) is 7.56. The molecule has 2 heterocycles. The van der Waals surface area contributed by atoms with Gasteiger partial charge in [-0.15, -0.1) is 0 Å². The molecule has 2 aromatic heterocycles. The minimum atomic E-state index is -0.0385. The minimum Gasteiger partial charge on any atom is -0.467 e. The van der Waals surface area contributed by atoms with Gasteiger partial charge in [-0.25, -0.2) is 4.98 Å². The molecule has 0 unspecified atom stereocenters. The number of fused-ring (bicyclic) bond motifs is 1. The molecule has 1 amide bonds. The normalized spacial score (nSPS) is 10.9. The van der Waals surface area contributed by atoms with E-state index in [9.17, 15) is 4.79 Å². The Kier molecular flexibility index (Phi) is 3.96. The zero-order valence-electron chi connectivity index (χ0n) is 11.6. The predicted octanol–water partition coefficient (Wildman–Crippen LogP) is 2.57. The van der Waals surface area contributed by atoms with Crippen molar-refractivity contribution in [3.63, 3.8) is 0 Å². The molecule has 1 N–H and O–H groups in total. The third-order valence-electron chi connectivity index (χ3n) is 3.12. The van der Waals surface area contributed by atoms with Crippen molar-refractivity contribution in [2.75, 3.05) is 5.75 Å². The maximum Gasteiger partial charge on any atom is 0.230 e. The van der Waals surface area contributed by atoms with Crippen LogP contribution in [0.2, 0.25) is 0 Å². The molecule has 0 aliphatic heterocycles. The molecule has 5 nitrogen and oxygen atoms in total. The van der Waals surface area contributed by atoms with Gasteiger partial charge in [0.15, 0.2) is 5.16 Å². The van der Waals surface area contributed by atoms with Crippen LogP contribution in [0, 0.1) is 0 Å². The van der Waals surface area contributed by atoms with Gasteiger partial charge in [-0.1, -0.05) is 23.9 Å². The van der Waals surface area contributed by atoms with Crippen molar-refractivity contribution in [1.82, 2.24) is 14.9 Å². The zero-order valence-corrected chi connectivity index (χ0v) is 12.4. The van der Waals surface area contributed by atoms with Gasteiger partial charge in [0.25, 0.3) is 0 Å². The molecule has 0 spiro atoms. The maximum atomic E-state index is 11.8. The van der Waals surface area contributed by atoms with E-state index >= 15 is 0 Å². The number of aromatic nitrogens is 2. The van der Waals surface area contributed by atoms with Crippen molar-refractivity contribution in [1.29, 1.82) is 0 Å². The number of carbonyl (C=O) groups is 1. The van der Waals surface area contributed by atoms with Crippen LogP contribution in [0.25, 0.3) is 11.0 Å². The third-order valence-corrected chi connectivity index (χ3v) is 4.15. The average molecular weight is 301 g/mol. The molecular weight excluding hydrogens is 286 g/mol. The Labute approximate surface area is 126 Å². The molecular formula is C15H15N3O2S. The first-order chi connectivity index (χ1) is 10.2. The number of aryl methyl sites for hydroxylation is 1. The SMILES string of the molecule is Cn1c(SCC(=O)NCc2ccco2)nc2ccccc21. The van der Waals surface area contributed by atoms with Crippen molar-refractivity contribution in [3.8, 4) is 0 Å². The molecule has 3 rings (SSSR count). The Morgan fingerprint density at radius 3 is 2.95 bits per heavy atom. The van der Waals surface area contributed by atoms with Gasteiger partial charge in [-0.3, -0.25) is 4.79 Å². The summed E-state index contributed by atoms with van der Waals surface area (Å²) < 4.78 is 7.17. The number of hydrogen-bond acceptors (Lipinski definition) is 4. The quantitative estimate of drug-likeness (QED) is 0.736. The summed E-state index contributed by atoms with van der Waals surface area (Å²) in [5.41, 5.74) is 2.01. The maximum absolute atomic E-state index is 11.8. The average Bonchev–Trinajstić information content (AvgIpc) is 3.12. The van der Waals surface area contributed by atoms with Gasteiger partial charge in [-0.2, -0.15) is 0 Å². The topological polar surface area (TPSA) is 60.1 Å². The largest absolute Gasteiger partial charge is 0.467 e. The summed E-state index contributed by atoms with van der Waals surface area (Å²) in [6, 6.07) is 11.6. The smallest absolute Gasteiger partial charge is 0.230 e. The number of carbonyl (C=O) groups excluding carboxylic acids is 1. The number of thioether (sulfide) groups is 1. The fourth-order valence-electron chi connectivity index (χ4n) is 2.03. The fraction of sp³-hybridized carbons (Fsp3) is 0.200. The van der Waals surface area contributed by atoms with Crippen molar-refractivity contribution >= 4 is 28.7 Å². The van der Waals surface area contributed by atoms with Crippen LogP contribution >= 0.6 is 11.8 Å². The van der Waals surface area contributed by atoms with Crippen LogP contribution in [0.3, 0.4) is 0 Å². The second-order valence-corrected chi connectivity index (χ2v) is 5.53. The van der Waals surface area contributed by atoms with Crippen molar-refractivity contribution in [2.45, 2.75) is 11.7 Å². The van der Waals surface area contributed by atoms with E-state index in [-0.39, 0.29) is 5.91 Å². The first kappa shape index (κ1) is 13.8. The standard InChI is InChI=1S/C15H15N3O2S/c1-18-13-7-3-2-6-12(13)17-15(18)21-10-14(19)16-9-11-5-4-8-20-11/h2-8H,9-10H2,1H3,(H,16,19). The van der Waals surface area contributed by atoms with Gasteiger partial charge in [0.05, 0.1) is 29.6 Å². The summed E-state index contributed by atoms with van der Waals surface area (Å²) in [6.07, 6.45) is 1.59. The van der Waals surface area contributed by atoms with Gasteiger partial charge in [0.1, 0.15) is 5.76 Å². The first-order valence-electron chi connectivity index (χ1n) is 6.57. The number of rotatable bonds is 5. The van der Waals surface area contributed by atoms with E-state index < -0.39 is 0 Å². The Hall–Kier alpha value is -2.21. The van der Waals surface area contributed by atoms with Crippen LogP contribution in [-0.2, 0) is 18.4 Å². The molecule has 21 heavy (non-hydrogen) atoms. The highest BCUT2D eigenvalue weighted by molar-refractivity contribution is 7.99. The number of hydrogen-bond donors (Lipinski definition) is 1. The highest BCUT2D eigenvalue weighted by Crippen LogP contribution is 2.22. The molecule has 0 saturated carbocycles. The third kappa shape index (κ3) is 3.11. The number of benzene rings is 1. The summed E-state index contributed by atoms with van der Waals surface area (Å²) in [5, 5.41) is 3.66. The van der Waals surface area contributed by atoms with E-state index in [1.165, 1.54) is 11.8 Å². The molecule has 0 aliphatic rings. The van der Waals surface area contributed by atoms with Gasteiger partial charge in [0, 0.05) is 7.05 Å². The van der Waals surface area contributed by atoms with Crippen molar-refractivity contribution in [3.05, 3.63) is 48.4 Å². The van der Waals surface area contributed by atoms with Crippen LogP contribution in [0.1, 0.15) is 5.76 Å². The zero-order chi connectivity index (χ0) is 14.7. The summed E-state index contributed by atoms with van der Waals surface area (Å²) in [5.74, 6) is 1.04. The molecule has 0 saturated heterocycles. The molecule has 0 fully saturated rings. The minimum absolute atomic E-state index is 0.0385. The van der Waals surface area contributed by atoms with Gasteiger partial charge < -0.3 is 14.3 Å². The van der Waals surface area contributed by atoms with E-state index in [1.807, 2.05) is 41.9 Å². The lowest BCUT2D eigenvalue weighted by atomic mass is 10.3. The molecule has 0 radical (unpaired) electrons. The summed E-state index contributed by atoms with van der Waals surface area (Å²) in [4.78, 5) is 16.3. The molecule has 6 heteroatoms. The number of imidazole rings is 1. The van der Waals surface area contributed by atoms with E-state index in [1.54, 1.807) is 12.3 Å². The fourth-order valence-corrected chi connectivity index (χ4v) is 2.85. The molecule has 3 aromatic rings. The Bertz CT molecular complexity index is 749. The highest BCUT2D eigenvalue weighted by atomic mass is 32.2. The van der Waals surface area contributed by atoms with E-state index in [2.05, 4.69) is 10.3 Å². The lowest BCUT2D eigenvalue weighted by molar-refractivity contribution is -0.118. The summed E-state index contributed by atoms with van der Waals surface area (Å²) >= 11 is 1.43. The predicted molar refractivity (Wildman–Crippen MR) is 82.0 cm³/mol. The van der Waals surface area contributed by atoms with Crippen molar-refractivity contribution < 1.29 is 9.21 Å². The molecule has 0 aliphatic carbocycles. The van der Waals surface area contributed by atoms with E-state index in [4.69, 9.17) is 4.42 Å². The Morgan fingerprint density at radius 2 is 2.19 bits per heavy atom. The summed E-state index contributed by atoms with van der Waals surface area (Å²) in [6.45, 7) is 0.412. The second-order valence-electron chi connectivity index (χ2n) is 4.59. The van der Waals surface area contributed by atoms with E-state index in [0.717, 1.165) is 22.0 Å². The number of nitrogens with zero attached hydrogens (tertiary/aromatic N) is 2. The number of amides is 1. The molecule has 108 valence electrons. The Morgan fingerprint density at radius 1 is 1.33 bits per heavy atom. The van der Waals surface area contributed by atoms with Gasteiger partial charge in [-0.05, 0) is 24.3 Å². The lowest BCUT2D eigenvalue weighted by Crippen LogP contribution is -2.24. The van der Waals surface area contributed by atoms with Gasteiger partial charge >= 0.3 is 0 Å². The summed E-state index contributed by atoms with van der Waals surface area (Å²) in [7, 11) is 1.96. The second kappa shape index (κ2) is 6.05. The van der Waals surface area contributed by atoms with Gasteiger partial charge in [0.2, 0.25) is 5.91 Å². The van der Waals surface area contributed by atoms with Crippen LogP contribution in [0.15, 0.2) is 52.2 Å². The van der Waals surface area contributed by atoms with Crippen LogP contribution in [0.4, 0.5) is 0 Å². The number of para-hydroxylation sites is 2. The molecule has 0 atom stereocenters. The molecule has 0 bridgehead atoms. The van der Waals surface area contributed by atoms with Crippen LogP contribution in [0.5, 0.6) is 0 Å². The number of furan rings is 1. The lowest BCUT2D eigenvalue weighted by Gasteiger charge is -2.03. The van der Waals surface area contributed by atoms with E-state index in [0.29, 0.717) is 12.3 Å². The number of nitrogens with one attached hydrogen (secondary N) is 1. The highest BCUT2D eigenvalue weighted by Gasteiger charge is 2.10. The van der Waals surface area contributed by atoms with Crippen molar-refractivity contribution in [2.24, 2.45) is 7.05 Å². The molecule has 1 aromatic carbocycles. The monoisotopic (exact) mass is 301 g/mol.